The molecule has 0 saturated heterocycles. The highest BCUT2D eigenvalue weighted by molar-refractivity contribution is 4.87. The minimum atomic E-state index is 0.459. The Kier molecular flexibility index (Phi) is 33.6. The van der Waals surface area contributed by atoms with Crippen LogP contribution < -0.4 is 0 Å². The summed E-state index contributed by atoms with van der Waals surface area (Å²) < 4.78 is 6.24. The summed E-state index contributed by atoms with van der Waals surface area (Å²) >= 11 is 0. The third-order valence-corrected chi connectivity index (χ3v) is 8.57. The molecule has 0 aliphatic heterocycles. The van der Waals surface area contributed by atoms with E-state index in [1.54, 1.807) is 0 Å². The van der Waals surface area contributed by atoms with Gasteiger partial charge in [0, 0.05) is 0 Å². The van der Waals surface area contributed by atoms with Crippen LogP contribution in [0.4, 0.5) is 0 Å². The second-order valence-electron chi connectivity index (χ2n) is 13.0. The highest BCUT2D eigenvalue weighted by Gasteiger charge is 2.09. The zero-order valence-electron chi connectivity index (χ0n) is 27.8. The summed E-state index contributed by atoms with van der Waals surface area (Å²) in [6.07, 6.45) is 44.6. The summed E-state index contributed by atoms with van der Waals surface area (Å²) in [6, 6.07) is 0. The molecule has 234 valence electrons. The average Bonchev–Trinajstić information content (AvgIpc) is 2.93. The van der Waals surface area contributed by atoms with E-state index >= 15 is 0 Å². The maximum atomic E-state index is 6.24. The van der Waals surface area contributed by atoms with Crippen LogP contribution in [0.15, 0.2) is 12.2 Å². The molecule has 1 nitrogen and oxygen atoms in total. The maximum absolute atomic E-state index is 6.24. The van der Waals surface area contributed by atoms with Crippen molar-refractivity contribution in [1.82, 2.24) is 0 Å². The molecule has 39 heavy (non-hydrogen) atoms. The fraction of sp³-hybridized carbons (Fsp3) is 0.947. The van der Waals surface area contributed by atoms with E-state index in [2.05, 4.69) is 27.4 Å². The van der Waals surface area contributed by atoms with Crippen LogP contribution in [0.1, 0.15) is 220 Å². The predicted molar refractivity (Wildman–Crippen MR) is 179 cm³/mol. The van der Waals surface area contributed by atoms with Gasteiger partial charge >= 0.3 is 0 Å². The van der Waals surface area contributed by atoms with Crippen molar-refractivity contribution in [1.29, 1.82) is 0 Å². The molecule has 1 atom stereocenters. The number of hydrogen-bond donors (Lipinski definition) is 0. The van der Waals surface area contributed by atoms with Crippen LogP contribution in [0, 0.1) is 0 Å². The maximum Gasteiger partial charge on any atom is 0.0675 e. The Bertz CT molecular complexity index is 456. The molecule has 0 aliphatic rings. The van der Waals surface area contributed by atoms with Gasteiger partial charge in [0.15, 0.2) is 0 Å². The lowest BCUT2D eigenvalue weighted by atomic mass is 10.0. The van der Waals surface area contributed by atoms with Gasteiger partial charge in [-0.2, -0.15) is 0 Å². The molecule has 0 aromatic rings. The van der Waals surface area contributed by atoms with E-state index in [1.165, 1.54) is 199 Å². The molecule has 0 amide bonds. The van der Waals surface area contributed by atoms with E-state index in [9.17, 15) is 0 Å². The first kappa shape index (κ1) is 38.7. The zero-order valence-corrected chi connectivity index (χ0v) is 27.8. The molecule has 0 rings (SSSR count). The second kappa shape index (κ2) is 33.9. The third kappa shape index (κ3) is 33.8. The molecule has 0 aromatic heterocycles. The molecule has 0 spiro atoms. The Hall–Kier alpha value is -0.300. The fourth-order valence-electron chi connectivity index (χ4n) is 5.88. The van der Waals surface area contributed by atoms with Gasteiger partial charge in [-0.15, -0.1) is 0 Å². The van der Waals surface area contributed by atoms with Crippen molar-refractivity contribution >= 4 is 0 Å². The highest BCUT2D eigenvalue weighted by Crippen LogP contribution is 2.19. The van der Waals surface area contributed by atoms with E-state index in [0.29, 0.717) is 6.10 Å². The van der Waals surface area contributed by atoms with Crippen molar-refractivity contribution in [2.75, 3.05) is 6.61 Å². The quantitative estimate of drug-likeness (QED) is 0.0574. The smallest absolute Gasteiger partial charge is 0.0675 e. The van der Waals surface area contributed by atoms with Gasteiger partial charge in [0.05, 0.1) is 12.7 Å². The SMILES string of the molecule is C=C(C)COC(CCCCCCCCCCCCCCCC)CCCCCCCCCCCCCCCCC. The Balaban J connectivity index is 3.57. The van der Waals surface area contributed by atoms with Crippen LogP contribution >= 0.6 is 0 Å². The van der Waals surface area contributed by atoms with E-state index < -0.39 is 0 Å². The molecule has 0 aromatic carbocycles. The standard InChI is InChI=1S/C38H76O/c1-5-7-9-11-13-15-17-19-21-23-25-27-29-31-33-35-38(39-36-37(3)4)34-32-30-28-26-24-22-20-18-16-14-12-10-8-6-2/h38H,3,5-36H2,1-2,4H3. The lowest BCUT2D eigenvalue weighted by Crippen LogP contribution is -2.14. The first-order valence-electron chi connectivity index (χ1n) is 18.5. The molecule has 0 N–H and O–H groups in total. The lowest BCUT2D eigenvalue weighted by Gasteiger charge is -2.18. The number of hydrogen-bond acceptors (Lipinski definition) is 1. The van der Waals surface area contributed by atoms with E-state index in [0.717, 1.165) is 12.2 Å². The average molecular weight is 549 g/mol. The van der Waals surface area contributed by atoms with Crippen LogP contribution in [0.2, 0.25) is 0 Å². The molecule has 0 bridgehead atoms. The summed E-state index contributed by atoms with van der Waals surface area (Å²) in [5.74, 6) is 0. The third-order valence-electron chi connectivity index (χ3n) is 8.57. The van der Waals surface area contributed by atoms with Crippen molar-refractivity contribution in [2.24, 2.45) is 0 Å². The van der Waals surface area contributed by atoms with Crippen LogP contribution in [0.5, 0.6) is 0 Å². The summed E-state index contributed by atoms with van der Waals surface area (Å²) in [6.45, 7) is 11.5. The van der Waals surface area contributed by atoms with E-state index in [4.69, 9.17) is 4.74 Å². The second-order valence-corrected chi connectivity index (χ2v) is 13.0. The van der Waals surface area contributed by atoms with Gasteiger partial charge in [-0.05, 0) is 19.8 Å². The van der Waals surface area contributed by atoms with Crippen LogP contribution in [0.3, 0.4) is 0 Å². The molecule has 1 unspecified atom stereocenters. The normalized spacial score (nSPS) is 12.3. The first-order valence-corrected chi connectivity index (χ1v) is 18.5. The van der Waals surface area contributed by atoms with E-state index in [-0.39, 0.29) is 0 Å². The molecule has 1 heteroatoms. The molecular formula is C38H76O. The predicted octanol–water partition coefficient (Wildman–Crippen LogP) is 14.1. The Morgan fingerprint density at radius 2 is 0.641 bits per heavy atom. The molecule has 0 heterocycles. The molecule has 0 fully saturated rings. The molecular weight excluding hydrogens is 472 g/mol. The summed E-state index contributed by atoms with van der Waals surface area (Å²) in [7, 11) is 0. The number of rotatable bonds is 34. The summed E-state index contributed by atoms with van der Waals surface area (Å²) in [5, 5.41) is 0. The highest BCUT2D eigenvalue weighted by atomic mass is 16.5. The van der Waals surface area contributed by atoms with Gasteiger partial charge in [0.25, 0.3) is 0 Å². The lowest BCUT2D eigenvalue weighted by molar-refractivity contribution is 0.0533. The zero-order chi connectivity index (χ0) is 28.5. The summed E-state index contributed by atoms with van der Waals surface area (Å²) in [5.41, 5.74) is 1.16. The van der Waals surface area contributed by atoms with E-state index in [1.807, 2.05) is 0 Å². The summed E-state index contributed by atoms with van der Waals surface area (Å²) in [4.78, 5) is 0. The van der Waals surface area contributed by atoms with Gasteiger partial charge in [-0.1, -0.05) is 212 Å². The van der Waals surface area contributed by atoms with Gasteiger partial charge in [-0.3, -0.25) is 0 Å². The number of ether oxygens (including phenoxy) is 1. The topological polar surface area (TPSA) is 9.23 Å². The Morgan fingerprint density at radius 3 is 0.872 bits per heavy atom. The van der Waals surface area contributed by atoms with Crippen molar-refractivity contribution in [3.63, 3.8) is 0 Å². The van der Waals surface area contributed by atoms with Gasteiger partial charge in [-0.25, -0.2) is 0 Å². The van der Waals surface area contributed by atoms with Crippen molar-refractivity contribution < 1.29 is 4.74 Å². The Morgan fingerprint density at radius 1 is 0.410 bits per heavy atom. The minimum absolute atomic E-state index is 0.459. The Labute approximate surface area is 249 Å². The van der Waals surface area contributed by atoms with Gasteiger partial charge < -0.3 is 4.74 Å². The van der Waals surface area contributed by atoms with Gasteiger partial charge in [0.2, 0.25) is 0 Å². The number of unbranched alkanes of at least 4 members (excludes halogenated alkanes) is 27. The van der Waals surface area contributed by atoms with Crippen LogP contribution in [-0.4, -0.2) is 12.7 Å². The van der Waals surface area contributed by atoms with Crippen LogP contribution in [-0.2, 0) is 4.74 Å². The van der Waals surface area contributed by atoms with Crippen molar-refractivity contribution in [3.05, 3.63) is 12.2 Å². The molecule has 0 saturated carbocycles. The largest absolute Gasteiger partial charge is 0.374 e. The van der Waals surface area contributed by atoms with Crippen molar-refractivity contribution in [2.45, 2.75) is 226 Å². The molecule has 0 radical (unpaired) electrons. The monoisotopic (exact) mass is 549 g/mol. The molecule has 0 aliphatic carbocycles. The van der Waals surface area contributed by atoms with Crippen LogP contribution in [0.25, 0.3) is 0 Å². The minimum Gasteiger partial charge on any atom is -0.374 e. The van der Waals surface area contributed by atoms with Crippen molar-refractivity contribution in [3.8, 4) is 0 Å². The van der Waals surface area contributed by atoms with Gasteiger partial charge in [0.1, 0.15) is 0 Å². The first-order chi connectivity index (χ1) is 19.2. The fourth-order valence-corrected chi connectivity index (χ4v) is 5.88.